The zero-order valence-corrected chi connectivity index (χ0v) is 6.92. The number of carboxylic acid groups (broad SMARTS) is 1. The molecule has 2 N–H and O–H groups in total. The topological polar surface area (TPSA) is 74.6 Å². The van der Waals surface area contributed by atoms with Crippen molar-refractivity contribution >= 4 is 11.8 Å². The van der Waals surface area contributed by atoms with Crippen LogP contribution in [-0.4, -0.2) is 22.0 Å². The summed E-state index contributed by atoms with van der Waals surface area (Å²) >= 11 is 0. The van der Waals surface area contributed by atoms with Crippen LogP contribution in [0.5, 0.6) is 5.75 Å². The number of benzene rings is 1. The van der Waals surface area contributed by atoms with E-state index in [0.29, 0.717) is 0 Å². The molecular weight excluding hydrogens is 217 g/mol. The number of rotatable bonds is 2. The summed E-state index contributed by atoms with van der Waals surface area (Å²) in [7, 11) is 0. The summed E-state index contributed by atoms with van der Waals surface area (Å²) in [6.07, 6.45) is 0. The van der Waals surface area contributed by atoms with Gasteiger partial charge in [-0.2, -0.15) is 0 Å². The van der Waals surface area contributed by atoms with Crippen molar-refractivity contribution in [3.05, 3.63) is 29.1 Å². The van der Waals surface area contributed by atoms with E-state index in [9.17, 15) is 22.8 Å². The normalized spacial score (nSPS) is 10.1. The number of halogens is 3. The summed E-state index contributed by atoms with van der Waals surface area (Å²) in [5, 5.41) is 17.1. The third-order valence-corrected chi connectivity index (χ3v) is 1.57. The van der Waals surface area contributed by atoms with Gasteiger partial charge in [0.05, 0.1) is 0 Å². The van der Waals surface area contributed by atoms with Crippen molar-refractivity contribution in [2.75, 3.05) is 0 Å². The molecule has 0 atom stereocenters. The Hall–Kier alpha value is -2.05. The third kappa shape index (κ3) is 1.76. The lowest BCUT2D eigenvalue weighted by Crippen LogP contribution is -2.16. The molecule has 7 heteroatoms. The molecule has 0 unspecified atom stereocenters. The van der Waals surface area contributed by atoms with Gasteiger partial charge in [-0.15, -0.1) is 0 Å². The number of hydrogen-bond acceptors (Lipinski definition) is 3. The van der Waals surface area contributed by atoms with Crippen LogP contribution in [0.3, 0.4) is 0 Å². The highest BCUT2D eigenvalue weighted by Gasteiger charge is 2.28. The first kappa shape index (κ1) is 11.0. The van der Waals surface area contributed by atoms with Gasteiger partial charge in [0, 0.05) is 6.07 Å². The first-order valence-corrected chi connectivity index (χ1v) is 3.50. The maximum atomic E-state index is 12.9. The van der Waals surface area contributed by atoms with E-state index in [1.807, 2.05) is 0 Å². The number of ketones is 1. The van der Waals surface area contributed by atoms with Crippen LogP contribution in [-0.2, 0) is 4.79 Å². The second kappa shape index (κ2) is 3.60. The lowest BCUT2D eigenvalue weighted by atomic mass is 10.1. The number of carbonyl (C=O) groups is 2. The van der Waals surface area contributed by atoms with E-state index in [0.717, 1.165) is 0 Å². The minimum Gasteiger partial charge on any atom is -0.504 e. The van der Waals surface area contributed by atoms with Gasteiger partial charge in [0.2, 0.25) is 0 Å². The number of carbonyl (C=O) groups excluding carboxylic acids is 1. The standard InChI is InChI=1S/C8H3F3O4/c9-2-1-3(10)6(12)4(5(2)11)7(13)8(14)15/h1,12H,(H,14,15). The van der Waals surface area contributed by atoms with E-state index in [2.05, 4.69) is 0 Å². The number of carboxylic acids is 1. The molecule has 0 aliphatic heterocycles. The molecule has 1 aromatic rings. The fraction of sp³-hybridized carbons (Fsp3) is 0. The maximum absolute atomic E-state index is 12.9. The quantitative estimate of drug-likeness (QED) is 0.444. The highest BCUT2D eigenvalue weighted by Crippen LogP contribution is 2.26. The number of phenolic OH excluding ortho intramolecular Hbond substituents is 1. The summed E-state index contributed by atoms with van der Waals surface area (Å²) in [6, 6.07) is 0.00327. The second-order valence-electron chi connectivity index (χ2n) is 2.51. The van der Waals surface area contributed by atoms with E-state index >= 15 is 0 Å². The van der Waals surface area contributed by atoms with Crippen LogP contribution in [0.2, 0.25) is 0 Å². The van der Waals surface area contributed by atoms with Crippen molar-refractivity contribution in [1.82, 2.24) is 0 Å². The lowest BCUT2D eigenvalue weighted by molar-refractivity contribution is -0.131. The molecule has 0 aliphatic carbocycles. The van der Waals surface area contributed by atoms with Gasteiger partial charge >= 0.3 is 5.97 Å². The SMILES string of the molecule is O=C(O)C(=O)c1c(O)c(F)cc(F)c1F. The van der Waals surface area contributed by atoms with Crippen molar-refractivity contribution in [1.29, 1.82) is 0 Å². The molecule has 0 fully saturated rings. The average molecular weight is 220 g/mol. The molecule has 0 radical (unpaired) electrons. The van der Waals surface area contributed by atoms with Crippen LogP contribution < -0.4 is 0 Å². The summed E-state index contributed by atoms with van der Waals surface area (Å²) in [6.45, 7) is 0. The average Bonchev–Trinajstić information content (AvgIpc) is 2.15. The fourth-order valence-electron chi connectivity index (χ4n) is 0.900. The van der Waals surface area contributed by atoms with E-state index in [1.165, 1.54) is 0 Å². The largest absolute Gasteiger partial charge is 0.504 e. The summed E-state index contributed by atoms with van der Waals surface area (Å²) in [5.74, 6) is -10.9. The Balaban J connectivity index is 3.53. The Bertz CT molecular complexity index is 429. The van der Waals surface area contributed by atoms with E-state index in [-0.39, 0.29) is 6.07 Å². The molecule has 0 saturated carbocycles. The predicted octanol–water partition coefficient (Wildman–Crippen LogP) is 1.08. The highest BCUT2D eigenvalue weighted by atomic mass is 19.2. The molecule has 0 bridgehead atoms. The lowest BCUT2D eigenvalue weighted by Gasteiger charge is -2.04. The van der Waals surface area contributed by atoms with E-state index in [1.54, 1.807) is 0 Å². The minimum atomic E-state index is -2.13. The Kier molecular flexibility index (Phi) is 2.65. The number of aliphatic carboxylic acids is 1. The maximum Gasteiger partial charge on any atom is 0.377 e. The van der Waals surface area contributed by atoms with Gasteiger partial charge in [0.1, 0.15) is 5.56 Å². The predicted molar refractivity (Wildman–Crippen MR) is 39.9 cm³/mol. The molecule has 0 amide bonds. The van der Waals surface area contributed by atoms with Crippen LogP contribution >= 0.6 is 0 Å². The van der Waals surface area contributed by atoms with E-state index < -0.39 is 40.5 Å². The molecule has 0 spiro atoms. The van der Waals surface area contributed by atoms with Crippen LogP contribution in [0, 0.1) is 17.5 Å². The zero-order chi connectivity index (χ0) is 11.7. The third-order valence-electron chi connectivity index (χ3n) is 1.57. The monoisotopic (exact) mass is 220 g/mol. The summed E-state index contributed by atoms with van der Waals surface area (Å²) in [5.41, 5.74) is -1.53. The first-order valence-electron chi connectivity index (χ1n) is 3.50. The Labute approximate surface area is 80.6 Å². The summed E-state index contributed by atoms with van der Waals surface area (Å²) in [4.78, 5) is 20.9. The molecule has 4 nitrogen and oxygen atoms in total. The van der Waals surface area contributed by atoms with Gasteiger partial charge in [0.25, 0.3) is 5.78 Å². The van der Waals surface area contributed by atoms with Crippen LogP contribution in [0.15, 0.2) is 6.07 Å². The van der Waals surface area contributed by atoms with Gasteiger partial charge < -0.3 is 10.2 Å². The van der Waals surface area contributed by atoms with Gasteiger partial charge in [-0.3, -0.25) is 4.79 Å². The Morgan fingerprint density at radius 2 is 1.67 bits per heavy atom. The van der Waals surface area contributed by atoms with Crippen LogP contribution in [0.4, 0.5) is 13.2 Å². The van der Waals surface area contributed by atoms with Crippen molar-refractivity contribution in [2.24, 2.45) is 0 Å². The van der Waals surface area contributed by atoms with E-state index in [4.69, 9.17) is 10.2 Å². The first-order chi connectivity index (χ1) is 6.86. The van der Waals surface area contributed by atoms with Crippen molar-refractivity contribution in [2.45, 2.75) is 0 Å². The molecule has 0 aromatic heterocycles. The molecule has 1 aromatic carbocycles. The number of aromatic hydroxyl groups is 1. The fourth-order valence-corrected chi connectivity index (χ4v) is 0.900. The van der Waals surface area contributed by atoms with Gasteiger partial charge in [-0.05, 0) is 0 Å². The molecule has 0 saturated heterocycles. The number of phenols is 1. The molecule has 0 heterocycles. The van der Waals surface area contributed by atoms with Crippen molar-refractivity contribution in [3.8, 4) is 5.75 Å². The Morgan fingerprint density at radius 1 is 1.13 bits per heavy atom. The van der Waals surface area contributed by atoms with Crippen molar-refractivity contribution < 1.29 is 33.0 Å². The molecular formula is C8H3F3O4. The number of Topliss-reactive ketones (excluding diaryl/α,β-unsaturated/α-hetero) is 1. The van der Waals surface area contributed by atoms with Gasteiger partial charge in [-0.1, -0.05) is 0 Å². The van der Waals surface area contributed by atoms with Gasteiger partial charge in [-0.25, -0.2) is 18.0 Å². The smallest absolute Gasteiger partial charge is 0.377 e. The van der Waals surface area contributed by atoms with Crippen LogP contribution in [0.1, 0.15) is 10.4 Å². The zero-order valence-electron chi connectivity index (χ0n) is 6.92. The molecule has 15 heavy (non-hydrogen) atoms. The number of hydrogen-bond donors (Lipinski definition) is 2. The van der Waals surface area contributed by atoms with Crippen molar-refractivity contribution in [3.63, 3.8) is 0 Å². The minimum absolute atomic E-state index is 0.00327. The summed E-state index contributed by atoms with van der Waals surface area (Å²) < 4.78 is 38.1. The van der Waals surface area contributed by atoms with Crippen LogP contribution in [0.25, 0.3) is 0 Å². The Morgan fingerprint density at radius 3 is 2.13 bits per heavy atom. The molecule has 80 valence electrons. The second-order valence-corrected chi connectivity index (χ2v) is 2.51. The highest BCUT2D eigenvalue weighted by molar-refractivity contribution is 6.40. The van der Waals surface area contributed by atoms with Gasteiger partial charge in [0.15, 0.2) is 23.2 Å². The molecule has 1 rings (SSSR count). The molecule has 0 aliphatic rings.